The Morgan fingerprint density at radius 3 is 2.37 bits per heavy atom. The van der Waals surface area contributed by atoms with Gasteiger partial charge in [0.2, 0.25) is 15.7 Å². The first-order valence-corrected chi connectivity index (χ1v) is 10.2. The van der Waals surface area contributed by atoms with Gasteiger partial charge in [0.05, 0.1) is 22.5 Å². The van der Waals surface area contributed by atoms with E-state index in [1.165, 1.54) is 24.3 Å². The third-order valence-electron chi connectivity index (χ3n) is 4.03. The fourth-order valence-corrected chi connectivity index (χ4v) is 3.21. The number of benzene rings is 1. The summed E-state index contributed by atoms with van der Waals surface area (Å²) in [5, 5.41) is 5.24. The number of furan rings is 1. The molecular formula is C18H18N4O7S. The van der Waals surface area contributed by atoms with Crippen LogP contribution in [-0.2, 0) is 26.1 Å². The number of sulfonamides is 1. The van der Waals surface area contributed by atoms with E-state index in [1.807, 2.05) is 0 Å². The van der Waals surface area contributed by atoms with Crippen LogP contribution < -0.4 is 10.9 Å². The Morgan fingerprint density at radius 1 is 1.10 bits per heavy atom. The van der Waals surface area contributed by atoms with Crippen molar-refractivity contribution in [1.29, 1.82) is 0 Å². The van der Waals surface area contributed by atoms with Gasteiger partial charge in [-0.2, -0.15) is 4.98 Å². The van der Waals surface area contributed by atoms with Crippen molar-refractivity contribution in [3.63, 3.8) is 0 Å². The van der Waals surface area contributed by atoms with Crippen molar-refractivity contribution in [1.82, 2.24) is 9.97 Å². The van der Waals surface area contributed by atoms with Gasteiger partial charge in [-0.25, -0.2) is 28.1 Å². The molecule has 4 N–H and O–H groups in total. The molecule has 0 fully saturated rings. The van der Waals surface area contributed by atoms with Gasteiger partial charge >= 0.3 is 11.9 Å². The van der Waals surface area contributed by atoms with Crippen molar-refractivity contribution in [3.05, 3.63) is 47.0 Å². The molecule has 12 heteroatoms. The molecule has 0 amide bonds. The Labute approximate surface area is 171 Å². The van der Waals surface area contributed by atoms with E-state index in [1.54, 1.807) is 13.8 Å². The van der Waals surface area contributed by atoms with Crippen molar-refractivity contribution < 1.29 is 31.9 Å². The van der Waals surface area contributed by atoms with Crippen LogP contribution in [0.3, 0.4) is 0 Å². The van der Waals surface area contributed by atoms with Gasteiger partial charge < -0.3 is 19.6 Å². The first kappa shape index (κ1) is 21.2. The first-order chi connectivity index (χ1) is 14.1. The number of hydrogen-bond acceptors (Lipinski definition) is 10. The number of aryl methyl sites for hydroxylation is 1. The van der Waals surface area contributed by atoms with Crippen LogP contribution >= 0.6 is 0 Å². The van der Waals surface area contributed by atoms with E-state index in [9.17, 15) is 18.0 Å². The maximum atomic E-state index is 12.2. The lowest BCUT2D eigenvalue weighted by Gasteiger charge is -2.06. The van der Waals surface area contributed by atoms with Gasteiger partial charge in [0, 0.05) is 0 Å². The number of nitrogens with two attached hydrogens (primary N) is 2. The monoisotopic (exact) mass is 434 g/mol. The van der Waals surface area contributed by atoms with E-state index in [4.69, 9.17) is 24.8 Å². The van der Waals surface area contributed by atoms with Crippen molar-refractivity contribution in [2.45, 2.75) is 25.3 Å². The molecule has 11 nitrogen and oxygen atoms in total. The highest BCUT2D eigenvalue weighted by Gasteiger charge is 2.24. The number of ether oxygens (including phenoxy) is 2. The number of carbonyl (C=O) groups is 2. The number of primary sulfonamides is 1. The summed E-state index contributed by atoms with van der Waals surface area (Å²) in [5.74, 6) is -1.04. The Bertz CT molecular complexity index is 1230. The minimum absolute atomic E-state index is 0.0246. The second-order valence-corrected chi connectivity index (χ2v) is 7.67. The average molecular weight is 434 g/mol. The van der Waals surface area contributed by atoms with E-state index in [0.717, 1.165) is 0 Å². The van der Waals surface area contributed by atoms with Crippen LogP contribution in [0.2, 0.25) is 0 Å². The van der Waals surface area contributed by atoms with Gasteiger partial charge in [-0.3, -0.25) is 0 Å². The van der Waals surface area contributed by atoms with Gasteiger partial charge in [0.1, 0.15) is 17.1 Å². The van der Waals surface area contributed by atoms with E-state index in [2.05, 4.69) is 9.97 Å². The average Bonchev–Trinajstić information content (AvgIpc) is 3.02. The quantitative estimate of drug-likeness (QED) is 0.537. The summed E-state index contributed by atoms with van der Waals surface area (Å²) in [6.07, 6.45) is 0. The van der Waals surface area contributed by atoms with Crippen LogP contribution in [0.15, 0.2) is 33.6 Å². The van der Waals surface area contributed by atoms with Gasteiger partial charge in [-0.1, -0.05) is 0 Å². The molecule has 0 spiro atoms. The van der Waals surface area contributed by atoms with Crippen LogP contribution in [0.4, 0.5) is 5.82 Å². The zero-order valence-corrected chi connectivity index (χ0v) is 16.9. The molecule has 0 aliphatic rings. The van der Waals surface area contributed by atoms with Crippen LogP contribution in [0, 0.1) is 6.92 Å². The smallest absolute Gasteiger partial charge is 0.342 e. The molecule has 0 saturated carbocycles. The number of rotatable bonds is 6. The van der Waals surface area contributed by atoms with Crippen molar-refractivity contribution in [3.8, 4) is 0 Å². The number of esters is 2. The maximum absolute atomic E-state index is 12.2. The second-order valence-electron chi connectivity index (χ2n) is 6.10. The third-order valence-corrected chi connectivity index (χ3v) is 4.96. The molecule has 1 aromatic carbocycles. The zero-order chi connectivity index (χ0) is 22.1. The van der Waals surface area contributed by atoms with Crippen molar-refractivity contribution in [2.24, 2.45) is 5.14 Å². The summed E-state index contributed by atoms with van der Waals surface area (Å²) >= 11 is 0. The summed E-state index contributed by atoms with van der Waals surface area (Å²) < 4.78 is 38.1. The van der Waals surface area contributed by atoms with Gasteiger partial charge in [0.25, 0.3) is 0 Å². The van der Waals surface area contributed by atoms with Crippen LogP contribution in [0.5, 0.6) is 0 Å². The zero-order valence-electron chi connectivity index (χ0n) is 16.0. The number of nitrogen functional groups attached to an aromatic ring is 1. The Hall–Kier alpha value is -3.51. The standard InChI is InChI=1S/C18H18N4O7S/c1-3-27-18(24)13-9(2)29-16-14(13)15(19)21-12(22-16)8-28-17(23)10-4-6-11(7-5-10)30(20,25)26/h4-7H,3,8H2,1-2H3,(H2,19,21,22)(H2,20,25,26). The van der Waals surface area contributed by atoms with E-state index >= 15 is 0 Å². The molecule has 2 heterocycles. The van der Waals surface area contributed by atoms with Gasteiger partial charge in [-0.15, -0.1) is 0 Å². The molecule has 3 aromatic rings. The SMILES string of the molecule is CCOC(=O)c1c(C)oc2nc(COC(=O)c3ccc(S(N)(=O)=O)cc3)nc(N)c12. The van der Waals surface area contributed by atoms with Crippen molar-refractivity contribution >= 4 is 38.9 Å². The Kier molecular flexibility index (Phi) is 5.71. The topological polar surface area (TPSA) is 178 Å². The predicted molar refractivity (Wildman–Crippen MR) is 104 cm³/mol. The number of fused-ring (bicyclic) bond motifs is 1. The number of nitrogens with zero attached hydrogens (tertiary/aromatic N) is 2. The molecule has 0 atom stereocenters. The highest BCUT2D eigenvalue weighted by Crippen LogP contribution is 2.29. The lowest BCUT2D eigenvalue weighted by Crippen LogP contribution is -2.13. The normalized spacial score (nSPS) is 11.4. The molecule has 0 bridgehead atoms. The predicted octanol–water partition coefficient (Wildman–Crippen LogP) is 1.29. The minimum atomic E-state index is -3.87. The van der Waals surface area contributed by atoms with Crippen LogP contribution in [0.25, 0.3) is 11.1 Å². The highest BCUT2D eigenvalue weighted by molar-refractivity contribution is 7.89. The summed E-state index contributed by atoms with van der Waals surface area (Å²) in [4.78, 5) is 32.4. The maximum Gasteiger partial charge on any atom is 0.342 e. The minimum Gasteiger partial charge on any atom is -0.462 e. The van der Waals surface area contributed by atoms with Gasteiger partial charge in [-0.05, 0) is 38.1 Å². The summed E-state index contributed by atoms with van der Waals surface area (Å²) in [6, 6.07) is 4.91. The number of hydrogen-bond donors (Lipinski definition) is 2. The van der Waals surface area contributed by atoms with Crippen LogP contribution in [0.1, 0.15) is 39.2 Å². The summed E-state index contributed by atoms with van der Waals surface area (Å²) in [5.41, 5.74) is 6.26. The lowest BCUT2D eigenvalue weighted by atomic mass is 10.2. The van der Waals surface area contributed by atoms with Crippen molar-refractivity contribution in [2.75, 3.05) is 12.3 Å². The number of aromatic nitrogens is 2. The highest BCUT2D eigenvalue weighted by atomic mass is 32.2. The molecule has 0 aliphatic heterocycles. The lowest BCUT2D eigenvalue weighted by molar-refractivity contribution is 0.0461. The van der Waals surface area contributed by atoms with E-state index in [0.29, 0.717) is 0 Å². The third kappa shape index (κ3) is 4.23. The molecule has 30 heavy (non-hydrogen) atoms. The van der Waals surface area contributed by atoms with E-state index in [-0.39, 0.29) is 57.7 Å². The molecule has 2 aromatic heterocycles. The van der Waals surface area contributed by atoms with Gasteiger partial charge in [0.15, 0.2) is 12.4 Å². The molecular weight excluding hydrogens is 416 g/mol. The molecule has 0 aliphatic carbocycles. The molecule has 158 valence electrons. The number of anilines is 1. The fraction of sp³-hybridized carbons (Fsp3) is 0.222. The first-order valence-electron chi connectivity index (χ1n) is 8.64. The van der Waals surface area contributed by atoms with E-state index < -0.39 is 22.0 Å². The molecule has 0 radical (unpaired) electrons. The molecule has 0 unspecified atom stereocenters. The molecule has 0 saturated heterocycles. The summed E-state index contributed by atoms with van der Waals surface area (Å²) in [7, 11) is -3.87. The summed E-state index contributed by atoms with van der Waals surface area (Å²) in [6.45, 7) is 3.09. The Morgan fingerprint density at radius 2 is 1.77 bits per heavy atom. The second kappa shape index (κ2) is 8.08. The Balaban J connectivity index is 1.80. The van der Waals surface area contributed by atoms with Crippen LogP contribution in [-0.4, -0.2) is 36.9 Å². The molecule has 3 rings (SSSR count). The largest absolute Gasteiger partial charge is 0.462 e. The number of carbonyl (C=O) groups excluding carboxylic acids is 2. The fourth-order valence-electron chi connectivity index (χ4n) is 2.69.